The monoisotopic (exact) mass is 536 g/mol. The lowest BCUT2D eigenvalue weighted by Gasteiger charge is -2.26. The van der Waals surface area contributed by atoms with Crippen molar-refractivity contribution in [2.75, 3.05) is 63.0 Å². The van der Waals surface area contributed by atoms with E-state index in [1.807, 2.05) is 0 Å². The van der Waals surface area contributed by atoms with Crippen molar-refractivity contribution in [1.29, 1.82) is 0 Å². The number of piperidine rings is 2. The number of nitrogens with one attached hydrogen (secondary N) is 2. The van der Waals surface area contributed by atoms with E-state index in [-0.39, 0.29) is 0 Å². The van der Waals surface area contributed by atoms with Crippen LogP contribution in [0.4, 0.5) is 11.4 Å². The Morgan fingerprint density at radius 3 is 1.32 bits per heavy atom. The molecule has 6 rings (SSSR count). The molecule has 212 valence electrons. The number of benzene rings is 4. The zero-order valence-electron chi connectivity index (χ0n) is 24.4. The Morgan fingerprint density at radius 1 is 0.450 bits per heavy atom. The third kappa shape index (κ3) is 6.90. The van der Waals surface area contributed by atoms with Gasteiger partial charge in [-0.1, -0.05) is 49.2 Å². The van der Waals surface area contributed by atoms with E-state index in [4.69, 9.17) is 0 Å². The fourth-order valence-electron chi connectivity index (χ4n) is 6.86. The number of fused-ring (bicyclic) bond motifs is 5. The van der Waals surface area contributed by atoms with Gasteiger partial charge < -0.3 is 20.4 Å². The quantitative estimate of drug-likeness (QED) is 0.140. The molecule has 2 aliphatic rings. The average molecular weight is 537 g/mol. The number of hydrogen-bond acceptors (Lipinski definition) is 4. The van der Waals surface area contributed by atoms with Gasteiger partial charge in [0.2, 0.25) is 0 Å². The molecular formula is C36H48N4. The smallest absolute Gasteiger partial charge is 0.0346 e. The minimum atomic E-state index is 1.05. The van der Waals surface area contributed by atoms with Crippen LogP contribution in [0.15, 0.2) is 60.7 Å². The Hall–Kier alpha value is -2.82. The first-order chi connectivity index (χ1) is 19.8. The van der Waals surface area contributed by atoms with Crippen LogP contribution in [0.3, 0.4) is 0 Å². The minimum Gasteiger partial charge on any atom is -0.385 e. The molecule has 0 radical (unpaired) electrons. The zero-order valence-corrected chi connectivity index (χ0v) is 24.4. The van der Waals surface area contributed by atoms with Crippen molar-refractivity contribution in [3.05, 3.63) is 60.7 Å². The van der Waals surface area contributed by atoms with Crippen LogP contribution in [-0.2, 0) is 0 Å². The molecule has 0 bridgehead atoms. The molecule has 0 saturated carbocycles. The molecule has 2 saturated heterocycles. The van der Waals surface area contributed by atoms with Crippen molar-refractivity contribution in [2.24, 2.45) is 0 Å². The second kappa shape index (κ2) is 13.7. The van der Waals surface area contributed by atoms with Gasteiger partial charge in [0.05, 0.1) is 0 Å². The van der Waals surface area contributed by atoms with Gasteiger partial charge >= 0.3 is 0 Å². The van der Waals surface area contributed by atoms with Gasteiger partial charge in [-0.3, -0.25) is 0 Å². The molecule has 2 heterocycles. The van der Waals surface area contributed by atoms with E-state index in [2.05, 4.69) is 81.1 Å². The fraction of sp³-hybridized carbons (Fsp3) is 0.500. The van der Waals surface area contributed by atoms with Crippen molar-refractivity contribution >= 4 is 43.7 Å². The van der Waals surface area contributed by atoms with Gasteiger partial charge in [0.1, 0.15) is 0 Å². The number of likely N-dealkylation sites (tertiary alicyclic amines) is 2. The topological polar surface area (TPSA) is 30.5 Å². The molecule has 0 amide bonds. The maximum atomic E-state index is 3.67. The Morgan fingerprint density at radius 2 is 0.875 bits per heavy atom. The van der Waals surface area contributed by atoms with Crippen LogP contribution in [0, 0.1) is 0 Å². The summed E-state index contributed by atoms with van der Waals surface area (Å²) in [7, 11) is 0. The molecule has 4 aromatic rings. The molecule has 0 atom stereocenters. The van der Waals surface area contributed by atoms with Crippen LogP contribution in [0.2, 0.25) is 0 Å². The predicted molar refractivity (Wildman–Crippen MR) is 175 cm³/mol. The molecule has 4 nitrogen and oxygen atoms in total. The summed E-state index contributed by atoms with van der Waals surface area (Å²) in [5, 5.41) is 15.3. The lowest BCUT2D eigenvalue weighted by molar-refractivity contribution is 0.225. The molecule has 2 aliphatic heterocycles. The normalized spacial score (nSPS) is 17.1. The highest BCUT2D eigenvalue weighted by atomic mass is 15.1. The maximum absolute atomic E-state index is 3.67. The summed E-state index contributed by atoms with van der Waals surface area (Å²) < 4.78 is 0. The summed E-state index contributed by atoms with van der Waals surface area (Å²) >= 11 is 0. The Kier molecular flexibility index (Phi) is 9.37. The molecule has 4 aromatic carbocycles. The summed E-state index contributed by atoms with van der Waals surface area (Å²) in [5.41, 5.74) is 2.47. The van der Waals surface area contributed by atoms with Crippen LogP contribution in [-0.4, -0.2) is 62.2 Å². The first-order valence-electron chi connectivity index (χ1n) is 16.2. The van der Waals surface area contributed by atoms with Gasteiger partial charge in [0.15, 0.2) is 0 Å². The first-order valence-corrected chi connectivity index (χ1v) is 16.2. The summed E-state index contributed by atoms with van der Waals surface area (Å²) in [6.45, 7) is 9.83. The largest absolute Gasteiger partial charge is 0.385 e. The third-order valence-electron chi connectivity index (χ3n) is 9.19. The van der Waals surface area contributed by atoms with E-state index in [1.165, 1.54) is 147 Å². The Balaban J connectivity index is 1.04. The van der Waals surface area contributed by atoms with Crippen molar-refractivity contribution in [3.8, 4) is 0 Å². The second-order valence-corrected chi connectivity index (χ2v) is 12.2. The molecule has 40 heavy (non-hydrogen) atoms. The van der Waals surface area contributed by atoms with E-state index < -0.39 is 0 Å². The van der Waals surface area contributed by atoms with E-state index in [0.29, 0.717) is 0 Å². The van der Waals surface area contributed by atoms with Crippen LogP contribution in [0.1, 0.15) is 64.2 Å². The van der Waals surface area contributed by atoms with Crippen LogP contribution in [0.5, 0.6) is 0 Å². The van der Waals surface area contributed by atoms with E-state index >= 15 is 0 Å². The fourth-order valence-corrected chi connectivity index (χ4v) is 6.86. The summed E-state index contributed by atoms with van der Waals surface area (Å²) in [5.74, 6) is 0. The molecule has 0 aromatic heterocycles. The van der Waals surface area contributed by atoms with Crippen molar-refractivity contribution in [3.63, 3.8) is 0 Å². The number of hydrogen-bond donors (Lipinski definition) is 2. The molecule has 4 heteroatoms. The van der Waals surface area contributed by atoms with Gasteiger partial charge in [-0.15, -0.1) is 0 Å². The van der Waals surface area contributed by atoms with Gasteiger partial charge in [0.25, 0.3) is 0 Å². The Labute approximate surface area is 241 Å². The van der Waals surface area contributed by atoms with Gasteiger partial charge in [-0.2, -0.15) is 0 Å². The number of nitrogens with zero attached hydrogens (tertiary/aromatic N) is 2. The lowest BCUT2D eigenvalue weighted by Crippen LogP contribution is -2.30. The van der Waals surface area contributed by atoms with Gasteiger partial charge in [-0.25, -0.2) is 0 Å². The van der Waals surface area contributed by atoms with E-state index in [9.17, 15) is 0 Å². The van der Waals surface area contributed by atoms with Gasteiger partial charge in [-0.05, 0) is 147 Å². The van der Waals surface area contributed by atoms with Crippen LogP contribution >= 0.6 is 0 Å². The molecule has 0 unspecified atom stereocenters. The highest BCUT2D eigenvalue weighted by Crippen LogP contribution is 2.33. The summed E-state index contributed by atoms with van der Waals surface area (Å²) in [6, 6.07) is 23.0. The SMILES string of the molecule is c1cc2c(ccc3c4ccc(NCCCCN5CCCCC5)cc4ccc23)cc1NCCCCN1CCCCC1. The summed E-state index contributed by atoms with van der Waals surface area (Å²) in [6.07, 6.45) is 13.4. The second-order valence-electron chi connectivity index (χ2n) is 12.2. The van der Waals surface area contributed by atoms with E-state index in [0.717, 1.165) is 13.1 Å². The molecule has 0 spiro atoms. The predicted octanol–water partition coefficient (Wildman–Crippen LogP) is 8.50. The van der Waals surface area contributed by atoms with E-state index in [1.54, 1.807) is 0 Å². The van der Waals surface area contributed by atoms with Gasteiger partial charge in [0, 0.05) is 24.5 Å². The number of unbranched alkanes of at least 4 members (excludes halogenated alkanes) is 2. The lowest BCUT2D eigenvalue weighted by atomic mass is 9.96. The highest BCUT2D eigenvalue weighted by molar-refractivity contribution is 6.17. The van der Waals surface area contributed by atoms with Crippen molar-refractivity contribution < 1.29 is 0 Å². The number of anilines is 2. The van der Waals surface area contributed by atoms with Crippen LogP contribution in [0.25, 0.3) is 32.3 Å². The van der Waals surface area contributed by atoms with Crippen molar-refractivity contribution in [1.82, 2.24) is 9.80 Å². The standard InChI is InChI=1S/C36H48N4/c1-5-21-39(22-6-1)25-9-3-19-37-31-13-17-33-29(27-31)11-15-36-34-18-14-32(28-30(34)12-16-35(33)36)38-20-4-10-26-40-23-7-2-8-24-40/h11-18,27-28,37-38H,1-10,19-26H2. The maximum Gasteiger partial charge on any atom is 0.0346 e. The molecule has 2 fully saturated rings. The minimum absolute atomic E-state index is 1.05. The van der Waals surface area contributed by atoms with Crippen molar-refractivity contribution in [2.45, 2.75) is 64.2 Å². The summed E-state index contributed by atoms with van der Waals surface area (Å²) in [4.78, 5) is 5.29. The zero-order chi connectivity index (χ0) is 27.0. The Bertz CT molecular complexity index is 1280. The molecule has 0 aliphatic carbocycles. The highest BCUT2D eigenvalue weighted by Gasteiger charge is 2.10. The van der Waals surface area contributed by atoms with Crippen LogP contribution < -0.4 is 10.6 Å². The molecule has 2 N–H and O–H groups in total. The first kappa shape index (κ1) is 27.4. The average Bonchev–Trinajstić information content (AvgIpc) is 3.01. The number of rotatable bonds is 12. The molecular weight excluding hydrogens is 488 g/mol. The third-order valence-corrected chi connectivity index (χ3v) is 9.19.